The topological polar surface area (TPSA) is 62.8 Å². The molecule has 4 heteroatoms. The SMILES string of the molecule is C[C@H]1C[C@@H](O)[C@]23C(=CCC[C@@H]2[C@@]1(C)CCc1ccoc1)CO[C@H]3O. The first-order chi connectivity index (χ1) is 11.5. The molecule has 0 amide bonds. The minimum atomic E-state index is -0.884. The number of aliphatic hydroxyl groups is 2. The summed E-state index contributed by atoms with van der Waals surface area (Å²) in [5, 5.41) is 21.7. The van der Waals surface area contributed by atoms with Crippen LogP contribution in [0.15, 0.2) is 34.7 Å². The van der Waals surface area contributed by atoms with Gasteiger partial charge in [-0.05, 0) is 66.6 Å². The maximum absolute atomic E-state index is 11.0. The second-order valence-corrected chi connectivity index (χ2v) is 8.25. The Kier molecular flexibility index (Phi) is 3.90. The van der Waals surface area contributed by atoms with Crippen molar-refractivity contribution in [1.82, 2.24) is 0 Å². The third kappa shape index (κ3) is 2.09. The quantitative estimate of drug-likeness (QED) is 0.834. The van der Waals surface area contributed by atoms with Crippen LogP contribution in [0.25, 0.3) is 0 Å². The van der Waals surface area contributed by atoms with Gasteiger partial charge in [-0.1, -0.05) is 19.9 Å². The average molecular weight is 332 g/mol. The third-order valence-electron chi connectivity index (χ3n) is 7.37. The van der Waals surface area contributed by atoms with Crippen LogP contribution in [0.5, 0.6) is 0 Å². The highest BCUT2D eigenvalue weighted by Gasteiger charge is 2.65. The molecule has 3 aliphatic rings. The van der Waals surface area contributed by atoms with E-state index in [1.165, 1.54) is 5.56 Å². The van der Waals surface area contributed by atoms with Crippen molar-refractivity contribution in [2.45, 2.75) is 58.3 Å². The summed E-state index contributed by atoms with van der Waals surface area (Å²) in [6, 6.07) is 2.03. The van der Waals surface area contributed by atoms with E-state index in [1.54, 1.807) is 6.26 Å². The molecule has 1 saturated heterocycles. The lowest BCUT2D eigenvalue weighted by Crippen LogP contribution is -2.61. The monoisotopic (exact) mass is 332 g/mol. The summed E-state index contributed by atoms with van der Waals surface area (Å²) in [7, 11) is 0. The summed E-state index contributed by atoms with van der Waals surface area (Å²) >= 11 is 0. The van der Waals surface area contributed by atoms with E-state index in [0.717, 1.165) is 37.7 Å². The van der Waals surface area contributed by atoms with Gasteiger partial charge in [-0.2, -0.15) is 0 Å². The van der Waals surface area contributed by atoms with Crippen molar-refractivity contribution < 1.29 is 19.4 Å². The molecule has 0 unspecified atom stereocenters. The van der Waals surface area contributed by atoms with Crippen LogP contribution in [0.4, 0.5) is 0 Å². The zero-order valence-electron chi connectivity index (χ0n) is 14.6. The van der Waals surface area contributed by atoms with E-state index < -0.39 is 17.8 Å². The van der Waals surface area contributed by atoms with Gasteiger partial charge < -0.3 is 19.4 Å². The Bertz CT molecular complexity index is 622. The average Bonchev–Trinajstić information content (AvgIpc) is 3.20. The predicted octanol–water partition coefficient (Wildman–Crippen LogP) is 3.29. The summed E-state index contributed by atoms with van der Waals surface area (Å²) in [5.41, 5.74) is 1.80. The summed E-state index contributed by atoms with van der Waals surface area (Å²) in [4.78, 5) is 0. The standard InChI is InChI=1S/C20H28O4/c1-13-10-17(21)20-15(12-24-18(20)22)4-3-5-16(20)19(13,2)8-6-14-7-9-23-11-14/h4,7,9,11,13,16-18,21-22H,3,5-6,8,10,12H2,1-2H3/t13-,16+,17+,18+,19-,20-/m0/s1. The van der Waals surface area contributed by atoms with Gasteiger partial charge in [0.15, 0.2) is 6.29 Å². The van der Waals surface area contributed by atoms with Gasteiger partial charge in [-0.25, -0.2) is 0 Å². The largest absolute Gasteiger partial charge is 0.472 e. The molecule has 1 saturated carbocycles. The van der Waals surface area contributed by atoms with Crippen molar-refractivity contribution in [3.05, 3.63) is 35.8 Å². The highest BCUT2D eigenvalue weighted by molar-refractivity contribution is 5.30. The van der Waals surface area contributed by atoms with Crippen LogP contribution >= 0.6 is 0 Å². The lowest BCUT2D eigenvalue weighted by Gasteiger charge is -2.60. The highest BCUT2D eigenvalue weighted by Crippen LogP contribution is 2.65. The van der Waals surface area contributed by atoms with E-state index in [2.05, 4.69) is 19.9 Å². The second kappa shape index (κ2) is 5.72. The number of ether oxygens (including phenoxy) is 1. The van der Waals surface area contributed by atoms with Gasteiger partial charge in [-0.3, -0.25) is 0 Å². The van der Waals surface area contributed by atoms with E-state index in [9.17, 15) is 10.2 Å². The third-order valence-corrected chi connectivity index (χ3v) is 7.37. The van der Waals surface area contributed by atoms with E-state index in [-0.39, 0.29) is 11.3 Å². The van der Waals surface area contributed by atoms with Crippen LogP contribution in [-0.2, 0) is 11.2 Å². The molecule has 0 bridgehead atoms. The Morgan fingerprint density at radius 3 is 2.92 bits per heavy atom. The number of aryl methyl sites for hydroxylation is 1. The first kappa shape index (κ1) is 16.4. The summed E-state index contributed by atoms with van der Waals surface area (Å²) in [6.45, 7) is 5.07. The summed E-state index contributed by atoms with van der Waals surface area (Å²) < 4.78 is 10.8. The Morgan fingerprint density at radius 1 is 1.33 bits per heavy atom. The number of furan rings is 1. The fraction of sp³-hybridized carbons (Fsp3) is 0.700. The Balaban J connectivity index is 1.70. The molecule has 132 valence electrons. The molecule has 24 heavy (non-hydrogen) atoms. The Labute approximate surface area is 143 Å². The van der Waals surface area contributed by atoms with E-state index >= 15 is 0 Å². The fourth-order valence-electron chi connectivity index (χ4n) is 5.78. The summed E-state index contributed by atoms with van der Waals surface area (Å²) in [6.07, 6.45) is 9.07. The molecule has 0 radical (unpaired) electrons. The van der Waals surface area contributed by atoms with Crippen molar-refractivity contribution in [3.8, 4) is 0 Å². The number of aliphatic hydroxyl groups excluding tert-OH is 2. The van der Waals surface area contributed by atoms with E-state index in [0.29, 0.717) is 12.5 Å². The maximum Gasteiger partial charge on any atom is 0.167 e. The normalized spacial score (nSPS) is 44.8. The lowest BCUT2D eigenvalue weighted by molar-refractivity contribution is -0.220. The molecule has 1 spiro atoms. The summed E-state index contributed by atoms with van der Waals surface area (Å²) in [5.74, 6) is 0.648. The first-order valence-electron chi connectivity index (χ1n) is 9.18. The van der Waals surface area contributed by atoms with Crippen molar-refractivity contribution >= 4 is 0 Å². The van der Waals surface area contributed by atoms with Gasteiger partial charge in [0.25, 0.3) is 0 Å². The number of allylic oxidation sites excluding steroid dienone is 1. The molecule has 1 aromatic heterocycles. The van der Waals surface area contributed by atoms with Gasteiger partial charge >= 0.3 is 0 Å². The minimum absolute atomic E-state index is 0.0602. The molecule has 0 aromatic carbocycles. The number of hydrogen-bond acceptors (Lipinski definition) is 4. The van der Waals surface area contributed by atoms with Gasteiger partial charge in [0, 0.05) is 0 Å². The Hall–Kier alpha value is -1.10. The Morgan fingerprint density at radius 2 is 2.17 bits per heavy atom. The molecule has 6 atom stereocenters. The highest BCUT2D eigenvalue weighted by atomic mass is 16.6. The predicted molar refractivity (Wildman–Crippen MR) is 90.1 cm³/mol. The molecule has 2 fully saturated rings. The fourth-order valence-corrected chi connectivity index (χ4v) is 5.78. The molecule has 2 N–H and O–H groups in total. The first-order valence-corrected chi connectivity index (χ1v) is 9.18. The van der Waals surface area contributed by atoms with Gasteiger partial charge in [0.2, 0.25) is 0 Å². The molecule has 2 heterocycles. The van der Waals surface area contributed by atoms with Crippen LogP contribution < -0.4 is 0 Å². The van der Waals surface area contributed by atoms with Gasteiger partial charge in [-0.15, -0.1) is 0 Å². The number of rotatable bonds is 3. The van der Waals surface area contributed by atoms with Crippen molar-refractivity contribution in [3.63, 3.8) is 0 Å². The molecular formula is C20H28O4. The van der Waals surface area contributed by atoms with Crippen LogP contribution in [-0.4, -0.2) is 29.2 Å². The van der Waals surface area contributed by atoms with Crippen molar-refractivity contribution in [1.29, 1.82) is 0 Å². The van der Waals surface area contributed by atoms with E-state index in [4.69, 9.17) is 9.15 Å². The maximum atomic E-state index is 11.0. The molecule has 1 aliphatic heterocycles. The zero-order chi connectivity index (χ0) is 16.9. The van der Waals surface area contributed by atoms with Gasteiger partial charge in [0.1, 0.15) is 0 Å². The molecule has 4 nitrogen and oxygen atoms in total. The second-order valence-electron chi connectivity index (χ2n) is 8.25. The molecule has 4 rings (SSSR count). The van der Waals surface area contributed by atoms with Crippen LogP contribution in [0.1, 0.15) is 45.1 Å². The van der Waals surface area contributed by atoms with Crippen LogP contribution in [0.2, 0.25) is 0 Å². The molecular weight excluding hydrogens is 304 g/mol. The zero-order valence-corrected chi connectivity index (χ0v) is 14.6. The minimum Gasteiger partial charge on any atom is -0.472 e. The molecule has 1 aromatic rings. The van der Waals surface area contributed by atoms with E-state index in [1.807, 2.05) is 12.3 Å². The number of hydrogen-bond donors (Lipinski definition) is 2. The van der Waals surface area contributed by atoms with Crippen molar-refractivity contribution in [2.24, 2.45) is 22.7 Å². The van der Waals surface area contributed by atoms with Crippen LogP contribution in [0.3, 0.4) is 0 Å². The van der Waals surface area contributed by atoms with Crippen molar-refractivity contribution in [2.75, 3.05) is 6.61 Å². The van der Waals surface area contributed by atoms with Gasteiger partial charge in [0.05, 0.1) is 30.7 Å². The van der Waals surface area contributed by atoms with Crippen LogP contribution in [0, 0.1) is 22.7 Å². The lowest BCUT2D eigenvalue weighted by atomic mass is 9.45. The smallest absolute Gasteiger partial charge is 0.167 e. The molecule has 2 aliphatic carbocycles.